The number of nitrogens with zero attached hydrogens (tertiary/aromatic N) is 3. The summed E-state index contributed by atoms with van der Waals surface area (Å²) in [5.41, 5.74) is 3.14. The molecule has 3 heterocycles. The molecule has 0 radical (unpaired) electrons. The van der Waals surface area contributed by atoms with Crippen LogP contribution in [0.3, 0.4) is 0 Å². The van der Waals surface area contributed by atoms with Crippen molar-refractivity contribution in [2.75, 3.05) is 0 Å². The molecule has 9 aromatic carbocycles. The highest BCUT2D eigenvalue weighted by Crippen LogP contribution is 2.49. The lowest BCUT2D eigenvalue weighted by molar-refractivity contribution is -0.0437. The smallest absolute Gasteiger partial charge is 0.270 e. The third-order valence-corrected chi connectivity index (χ3v) is 14.3. The van der Waals surface area contributed by atoms with Crippen molar-refractivity contribution in [2.24, 2.45) is 0 Å². The lowest BCUT2D eigenvalue weighted by atomic mass is 9.72. The van der Waals surface area contributed by atoms with Crippen molar-refractivity contribution in [3.63, 3.8) is 0 Å². The maximum Gasteiger partial charge on any atom is 0.270 e. The van der Waals surface area contributed by atoms with Crippen molar-refractivity contribution in [3.05, 3.63) is 221 Å². The van der Waals surface area contributed by atoms with Crippen molar-refractivity contribution in [3.8, 4) is 116 Å². The van der Waals surface area contributed by atoms with Gasteiger partial charge in [0.2, 0.25) is 17.4 Å². The summed E-state index contributed by atoms with van der Waals surface area (Å²) in [4.78, 5) is 3.82. The van der Waals surface area contributed by atoms with E-state index in [9.17, 15) is 10.5 Å². The fraction of sp³-hybridized carbons (Fsp3) is 0.186. The summed E-state index contributed by atoms with van der Waals surface area (Å²) in [6.07, 6.45) is 1.32. The van der Waals surface area contributed by atoms with Gasteiger partial charge in [-0.25, -0.2) is 4.85 Å². The van der Waals surface area contributed by atoms with Crippen LogP contribution in [0, 0.1) is 29.2 Å². The van der Waals surface area contributed by atoms with Crippen LogP contribution in [0.4, 0.5) is 5.69 Å². The average Bonchev–Trinajstić information content (AvgIpc) is 4.27. The van der Waals surface area contributed by atoms with E-state index >= 15 is 0 Å². The minimum Gasteiger partial charge on any atom is -0.468 e. The van der Waals surface area contributed by atoms with Crippen LogP contribution in [0.1, 0.15) is 82.7 Å². The Balaban J connectivity index is 0.782. The minimum absolute atomic E-state index is 0.207. The van der Waals surface area contributed by atoms with Gasteiger partial charge in [0, 0.05) is 65.2 Å². The quantitative estimate of drug-likeness (QED) is 0.0791. The largest absolute Gasteiger partial charge is 0.468 e. The van der Waals surface area contributed by atoms with Crippen LogP contribution in [0.5, 0.6) is 103 Å². The van der Waals surface area contributed by atoms with Gasteiger partial charge in [-0.05, 0) is 139 Å². The molecule has 12 rings (SSSR count). The van der Waals surface area contributed by atoms with Crippen molar-refractivity contribution >= 4 is 5.69 Å². The van der Waals surface area contributed by atoms with E-state index in [1.54, 1.807) is 109 Å². The Morgan fingerprint density at radius 3 is 1.05 bits per heavy atom. The van der Waals surface area contributed by atoms with Crippen molar-refractivity contribution in [2.45, 2.75) is 84.1 Å². The Morgan fingerprint density at radius 2 is 0.694 bits per heavy atom. The maximum absolute atomic E-state index is 10.4. The number of para-hydroxylation sites is 1. The number of hydrogen-bond donors (Lipinski definition) is 0. The molecule has 0 N–H and O–H groups in total. The molecule has 0 aromatic heterocycles. The molecular formula is C70H55N3O12. The number of rotatable bonds is 17. The van der Waals surface area contributed by atoms with Crippen molar-refractivity contribution in [1.29, 1.82) is 10.5 Å². The molecule has 1 atom stereocenters. The van der Waals surface area contributed by atoms with Gasteiger partial charge in [-0.3, -0.25) is 0 Å². The topological polar surface area (TPSA) is 163 Å². The van der Waals surface area contributed by atoms with Crippen LogP contribution in [0.25, 0.3) is 4.85 Å². The molecule has 0 saturated carbocycles. The molecule has 85 heavy (non-hydrogen) atoms. The summed E-state index contributed by atoms with van der Waals surface area (Å²) in [5, 5.41) is 20.7. The first-order valence-corrected chi connectivity index (χ1v) is 27.4. The predicted octanol–water partition coefficient (Wildman–Crippen LogP) is 18.2. The van der Waals surface area contributed by atoms with E-state index in [4.69, 9.17) is 63.4 Å². The highest BCUT2D eigenvalue weighted by atomic mass is 16.7. The molecule has 0 amide bonds. The third kappa shape index (κ3) is 11.6. The number of fused-ring (bicyclic) bond motifs is 3. The Hall–Kier alpha value is -11.0. The van der Waals surface area contributed by atoms with Crippen LogP contribution in [0.2, 0.25) is 0 Å². The molecule has 3 aliphatic rings. The second-order valence-corrected chi connectivity index (χ2v) is 22.0. The van der Waals surface area contributed by atoms with E-state index in [2.05, 4.69) is 23.9 Å². The summed E-state index contributed by atoms with van der Waals surface area (Å²) in [6, 6.07) is 59.5. The molecule has 0 spiro atoms. The number of benzene rings is 9. The number of ether oxygens (including phenoxy) is 12. The van der Waals surface area contributed by atoms with Crippen molar-refractivity contribution < 1.29 is 56.8 Å². The summed E-state index contributed by atoms with van der Waals surface area (Å²) in [7, 11) is 0. The third-order valence-electron chi connectivity index (χ3n) is 14.3. The first kappa shape index (κ1) is 54.6. The average molecular weight is 1130 g/mol. The molecule has 0 aliphatic carbocycles. The number of aryl methyl sites for hydroxylation is 1. The van der Waals surface area contributed by atoms with Gasteiger partial charge in [-0.15, -0.1) is 0 Å². The molecule has 0 saturated heterocycles. The fourth-order valence-electron chi connectivity index (χ4n) is 10.3. The monoisotopic (exact) mass is 1130 g/mol. The normalized spacial score (nSPS) is 14.8. The molecule has 15 nitrogen and oxygen atoms in total. The van der Waals surface area contributed by atoms with Crippen LogP contribution < -0.4 is 56.8 Å². The van der Waals surface area contributed by atoms with E-state index in [1.807, 2.05) is 114 Å². The van der Waals surface area contributed by atoms with Gasteiger partial charge >= 0.3 is 0 Å². The minimum atomic E-state index is -0.804. The zero-order valence-electron chi connectivity index (χ0n) is 47.5. The molecule has 15 heteroatoms. The zero-order chi connectivity index (χ0) is 59.1. The van der Waals surface area contributed by atoms with Crippen LogP contribution in [-0.4, -0.2) is 17.4 Å². The Morgan fingerprint density at radius 1 is 0.400 bits per heavy atom. The van der Waals surface area contributed by atoms with Gasteiger partial charge in [0.25, 0.3) is 5.69 Å². The van der Waals surface area contributed by atoms with Gasteiger partial charge < -0.3 is 56.8 Å². The van der Waals surface area contributed by atoms with Gasteiger partial charge in [0.1, 0.15) is 92.3 Å². The van der Waals surface area contributed by atoms with Crippen LogP contribution >= 0.6 is 0 Å². The highest BCUT2D eigenvalue weighted by molar-refractivity contribution is 5.69. The van der Waals surface area contributed by atoms with Crippen LogP contribution in [-0.2, 0) is 11.8 Å². The highest BCUT2D eigenvalue weighted by Gasteiger charge is 2.35. The second kappa shape index (κ2) is 21.7. The van der Waals surface area contributed by atoms with E-state index in [-0.39, 0.29) is 16.8 Å². The standard InChI is InChI=1S/C70H55N3O12/c1-67(2)80-58-33-30-49(38-63(58)83-67)77-56-14-9-12-54(52(56)41-71)74-46-24-18-43(19-25-46)36-37-70(7,44-20-26-47(27-21-44)75-55-13-10-15-57(53(55)42-72)78-50-31-34-59-64(39-50)84-68(3,4)81-59)45-22-28-48(29-23-45)76-61-16-11-17-62(66(61)73-8)79-51-32-35-60-65(40-51)85-69(5,6)82-60/h9-35,38-40H,36-37H2,1-7H3. The summed E-state index contributed by atoms with van der Waals surface area (Å²) < 4.78 is 73.1. The lowest BCUT2D eigenvalue weighted by Crippen LogP contribution is -2.29. The zero-order valence-corrected chi connectivity index (χ0v) is 47.5. The first-order chi connectivity index (χ1) is 40.9. The van der Waals surface area contributed by atoms with Gasteiger partial charge in [0.05, 0.1) is 6.57 Å². The predicted molar refractivity (Wildman–Crippen MR) is 315 cm³/mol. The SMILES string of the molecule is [C-]#[N+]c1c(Oc2ccc(C(C)(CCc3ccc(Oc4cccc(Oc5ccc6c(c5)OC(C)(C)O6)c4C#N)cc3)c3ccc(Oc4cccc(Oc5ccc6c(c5)OC(C)(C)O6)c4C#N)cc3)cc2)cccc1Oc1ccc2c(c1)OC(C)(C)O2. The lowest BCUT2D eigenvalue weighted by Gasteiger charge is -2.32. The van der Waals surface area contributed by atoms with E-state index < -0.39 is 22.8 Å². The molecular weight excluding hydrogens is 1070 g/mol. The Bertz CT molecular complexity index is 4000. The van der Waals surface area contributed by atoms with E-state index in [0.29, 0.717) is 116 Å². The number of hydrogen-bond acceptors (Lipinski definition) is 14. The second-order valence-electron chi connectivity index (χ2n) is 22.0. The maximum atomic E-state index is 10.4. The first-order valence-electron chi connectivity index (χ1n) is 27.4. The molecule has 3 aliphatic heterocycles. The fourth-order valence-corrected chi connectivity index (χ4v) is 10.3. The molecule has 9 aromatic rings. The van der Waals surface area contributed by atoms with Gasteiger partial charge in [0.15, 0.2) is 34.5 Å². The van der Waals surface area contributed by atoms with E-state index in [0.717, 1.165) is 16.7 Å². The molecule has 422 valence electrons. The van der Waals surface area contributed by atoms with E-state index in [1.165, 1.54) is 0 Å². The molecule has 1 unspecified atom stereocenters. The number of nitriles is 2. The summed E-state index contributed by atoms with van der Waals surface area (Å²) in [6.45, 7) is 21.3. The molecule has 0 bridgehead atoms. The van der Waals surface area contributed by atoms with Crippen molar-refractivity contribution in [1.82, 2.24) is 0 Å². The Kier molecular flexibility index (Phi) is 14.0. The summed E-state index contributed by atoms with van der Waals surface area (Å²) in [5.74, 6) is 6.07. The Labute approximate surface area is 491 Å². The van der Waals surface area contributed by atoms with Gasteiger partial charge in [-0.2, -0.15) is 10.5 Å². The van der Waals surface area contributed by atoms with Gasteiger partial charge in [-0.1, -0.05) is 61.5 Å². The summed E-state index contributed by atoms with van der Waals surface area (Å²) >= 11 is 0. The van der Waals surface area contributed by atoms with Crippen LogP contribution in [0.15, 0.2) is 182 Å². The molecule has 0 fully saturated rings.